The number of ether oxygens (including phenoxy) is 1. The summed E-state index contributed by atoms with van der Waals surface area (Å²) >= 11 is 0. The summed E-state index contributed by atoms with van der Waals surface area (Å²) in [4.78, 5) is 20.4. The zero-order valence-electron chi connectivity index (χ0n) is 21.1. The minimum absolute atomic E-state index is 0.137. The number of nitrogens with zero attached hydrogens (tertiary/aromatic N) is 3. The topological polar surface area (TPSA) is 36.0 Å². The molecule has 35 heavy (non-hydrogen) atoms. The minimum atomic E-state index is 0.137. The van der Waals surface area contributed by atoms with Crippen molar-refractivity contribution in [2.45, 2.75) is 56.7 Å². The van der Waals surface area contributed by atoms with Crippen LogP contribution in [0.25, 0.3) is 0 Å². The molecule has 0 radical (unpaired) electrons. The molecule has 3 atom stereocenters. The number of carbonyl (C=O) groups is 1. The van der Waals surface area contributed by atoms with Gasteiger partial charge in [-0.05, 0) is 67.5 Å². The molecule has 3 aliphatic rings. The van der Waals surface area contributed by atoms with Gasteiger partial charge >= 0.3 is 0 Å². The van der Waals surface area contributed by atoms with E-state index in [1.807, 2.05) is 23.1 Å². The summed E-state index contributed by atoms with van der Waals surface area (Å²) in [5.41, 5.74) is 3.28. The van der Waals surface area contributed by atoms with Crippen LogP contribution in [0.3, 0.4) is 0 Å². The summed E-state index contributed by atoms with van der Waals surface area (Å²) in [7, 11) is 1.73. The molecule has 5 heteroatoms. The van der Waals surface area contributed by atoms with Crippen molar-refractivity contribution in [3.8, 4) is 5.75 Å². The predicted molar refractivity (Wildman–Crippen MR) is 141 cm³/mol. The molecule has 186 valence electrons. The number of piperidine rings is 2. The van der Waals surface area contributed by atoms with Crippen LogP contribution in [0, 0.1) is 0 Å². The van der Waals surface area contributed by atoms with Crippen LogP contribution in [-0.4, -0.2) is 72.5 Å². The van der Waals surface area contributed by atoms with E-state index in [2.05, 4.69) is 52.8 Å². The minimum Gasteiger partial charge on any atom is -0.497 e. The second kappa shape index (κ2) is 11.0. The maximum atomic E-state index is 13.1. The molecule has 0 N–H and O–H groups in total. The maximum absolute atomic E-state index is 13.1. The van der Waals surface area contributed by atoms with Gasteiger partial charge in [0.1, 0.15) is 5.75 Å². The van der Waals surface area contributed by atoms with Gasteiger partial charge < -0.3 is 9.64 Å². The Morgan fingerprint density at radius 1 is 1.00 bits per heavy atom. The standard InChI is InChI=1S/C30H39N3O2/c1-3-17-33-26-10-8-11-27(33)22-32(21-26)29(25-9-7-12-28(20-25)35-2)23-13-15-24(16-14-23)30(34)31-18-5-4-6-19-31/h3,7,9,12-16,20,26-27,29H,1,4-6,8,10-11,17-19,21-22H2,2H3. The van der Waals surface area contributed by atoms with E-state index in [1.54, 1.807) is 7.11 Å². The molecule has 3 fully saturated rings. The van der Waals surface area contributed by atoms with E-state index in [9.17, 15) is 4.79 Å². The van der Waals surface area contributed by atoms with Crippen molar-refractivity contribution in [3.63, 3.8) is 0 Å². The lowest BCUT2D eigenvalue weighted by molar-refractivity contribution is -0.0128. The SMILES string of the molecule is C=CCN1C2CCCC1CN(C(c1ccc(C(=O)N3CCCCC3)cc1)c1cccc(OC)c1)C2. The quantitative estimate of drug-likeness (QED) is 0.522. The second-order valence-electron chi connectivity index (χ2n) is 10.3. The number of benzene rings is 2. The lowest BCUT2D eigenvalue weighted by Crippen LogP contribution is -2.61. The van der Waals surface area contributed by atoms with Gasteiger partial charge in [-0.2, -0.15) is 0 Å². The summed E-state index contributed by atoms with van der Waals surface area (Å²) in [5.74, 6) is 1.05. The Labute approximate surface area is 210 Å². The highest BCUT2D eigenvalue weighted by atomic mass is 16.5. The molecule has 3 saturated heterocycles. The Hall–Kier alpha value is -2.63. The number of amides is 1. The summed E-state index contributed by atoms with van der Waals surface area (Å²) in [5, 5.41) is 0. The van der Waals surface area contributed by atoms with Gasteiger partial charge in [0.05, 0.1) is 13.2 Å². The molecule has 0 saturated carbocycles. The fourth-order valence-electron chi connectivity index (χ4n) is 6.40. The summed E-state index contributed by atoms with van der Waals surface area (Å²) < 4.78 is 5.58. The Morgan fingerprint density at radius 3 is 2.37 bits per heavy atom. The predicted octanol–water partition coefficient (Wildman–Crippen LogP) is 5.14. The first kappa shape index (κ1) is 24.1. The Kier molecular flexibility index (Phi) is 7.54. The van der Waals surface area contributed by atoms with E-state index < -0.39 is 0 Å². The van der Waals surface area contributed by atoms with Gasteiger partial charge in [0.25, 0.3) is 5.91 Å². The molecule has 2 aromatic rings. The Morgan fingerprint density at radius 2 is 1.71 bits per heavy atom. The Balaban J connectivity index is 1.44. The van der Waals surface area contributed by atoms with Crippen LogP contribution in [0.5, 0.6) is 5.75 Å². The smallest absolute Gasteiger partial charge is 0.253 e. The van der Waals surface area contributed by atoms with Crippen molar-refractivity contribution in [2.24, 2.45) is 0 Å². The van der Waals surface area contributed by atoms with E-state index in [-0.39, 0.29) is 11.9 Å². The molecule has 2 bridgehead atoms. The van der Waals surface area contributed by atoms with Crippen molar-refractivity contribution >= 4 is 5.91 Å². The van der Waals surface area contributed by atoms with Crippen molar-refractivity contribution in [1.82, 2.24) is 14.7 Å². The molecular weight excluding hydrogens is 434 g/mol. The molecule has 3 unspecified atom stereocenters. The van der Waals surface area contributed by atoms with Gasteiger partial charge in [-0.25, -0.2) is 0 Å². The summed E-state index contributed by atoms with van der Waals surface area (Å²) in [6.45, 7) is 8.82. The van der Waals surface area contributed by atoms with E-state index in [0.29, 0.717) is 12.1 Å². The second-order valence-corrected chi connectivity index (χ2v) is 10.3. The lowest BCUT2D eigenvalue weighted by Gasteiger charge is -2.52. The van der Waals surface area contributed by atoms with Gasteiger partial charge in [0.15, 0.2) is 0 Å². The first-order valence-corrected chi connectivity index (χ1v) is 13.3. The molecule has 0 aromatic heterocycles. The van der Waals surface area contributed by atoms with Crippen LogP contribution in [-0.2, 0) is 0 Å². The summed E-state index contributed by atoms with van der Waals surface area (Å²) in [6.07, 6.45) is 9.31. The third-order valence-electron chi connectivity index (χ3n) is 8.13. The van der Waals surface area contributed by atoms with Crippen LogP contribution >= 0.6 is 0 Å². The number of fused-ring (bicyclic) bond motifs is 2. The van der Waals surface area contributed by atoms with E-state index >= 15 is 0 Å². The highest BCUT2D eigenvalue weighted by Gasteiger charge is 2.39. The number of likely N-dealkylation sites (tertiary alicyclic amines) is 2. The molecule has 3 heterocycles. The zero-order valence-corrected chi connectivity index (χ0v) is 21.1. The lowest BCUT2D eigenvalue weighted by atomic mass is 9.87. The fraction of sp³-hybridized carbons (Fsp3) is 0.500. The van der Waals surface area contributed by atoms with Crippen LogP contribution in [0.15, 0.2) is 61.2 Å². The Bertz CT molecular complexity index is 1000. The number of piperazine rings is 1. The number of rotatable bonds is 7. The third kappa shape index (κ3) is 5.17. The van der Waals surface area contributed by atoms with Crippen LogP contribution < -0.4 is 4.74 Å². The number of carbonyl (C=O) groups excluding carboxylic acids is 1. The van der Waals surface area contributed by atoms with Gasteiger partial charge in [0.2, 0.25) is 0 Å². The van der Waals surface area contributed by atoms with Gasteiger partial charge in [-0.15, -0.1) is 6.58 Å². The van der Waals surface area contributed by atoms with E-state index in [0.717, 1.165) is 56.9 Å². The average Bonchev–Trinajstić information content (AvgIpc) is 2.90. The fourth-order valence-corrected chi connectivity index (χ4v) is 6.40. The van der Waals surface area contributed by atoms with Crippen molar-refractivity contribution < 1.29 is 9.53 Å². The molecule has 1 amide bonds. The molecule has 0 spiro atoms. The van der Waals surface area contributed by atoms with Crippen molar-refractivity contribution in [2.75, 3.05) is 39.8 Å². The van der Waals surface area contributed by atoms with Crippen molar-refractivity contribution in [3.05, 3.63) is 77.9 Å². The summed E-state index contributed by atoms with van der Waals surface area (Å²) in [6, 6.07) is 18.2. The first-order chi connectivity index (χ1) is 17.2. The molecule has 5 nitrogen and oxygen atoms in total. The van der Waals surface area contributed by atoms with Crippen molar-refractivity contribution in [1.29, 1.82) is 0 Å². The molecule has 3 aliphatic heterocycles. The monoisotopic (exact) mass is 473 g/mol. The molecule has 2 aromatic carbocycles. The van der Waals surface area contributed by atoms with E-state index in [1.165, 1.54) is 36.8 Å². The highest BCUT2D eigenvalue weighted by molar-refractivity contribution is 5.94. The normalized spacial score (nSPS) is 24.1. The first-order valence-electron chi connectivity index (χ1n) is 13.3. The number of hydrogen-bond acceptors (Lipinski definition) is 4. The largest absolute Gasteiger partial charge is 0.497 e. The maximum Gasteiger partial charge on any atom is 0.253 e. The molecular formula is C30H39N3O2. The number of methoxy groups -OCH3 is 1. The molecule has 0 aliphatic carbocycles. The van der Waals surface area contributed by atoms with Gasteiger partial charge in [-0.3, -0.25) is 14.6 Å². The third-order valence-corrected chi connectivity index (χ3v) is 8.13. The zero-order chi connectivity index (χ0) is 24.2. The van der Waals surface area contributed by atoms with Crippen LogP contribution in [0.2, 0.25) is 0 Å². The molecule has 5 rings (SSSR count). The average molecular weight is 474 g/mol. The van der Waals surface area contributed by atoms with Crippen LogP contribution in [0.1, 0.15) is 66.1 Å². The van der Waals surface area contributed by atoms with Crippen LogP contribution in [0.4, 0.5) is 0 Å². The van der Waals surface area contributed by atoms with E-state index in [4.69, 9.17) is 4.74 Å². The van der Waals surface area contributed by atoms with Gasteiger partial charge in [0, 0.05) is 50.4 Å². The van der Waals surface area contributed by atoms with Gasteiger partial charge in [-0.1, -0.05) is 36.8 Å². The number of hydrogen-bond donors (Lipinski definition) is 0. The highest BCUT2D eigenvalue weighted by Crippen LogP contribution is 2.37.